The fraction of sp³-hybridized carbons (Fsp3) is 0.410. The molecule has 0 radical (unpaired) electrons. The topological polar surface area (TPSA) is 307 Å². The molecule has 1 aliphatic heterocycles. The van der Waals surface area contributed by atoms with Crippen molar-refractivity contribution in [2.24, 2.45) is 0 Å². The third-order valence-corrected chi connectivity index (χ3v) is 19.5. The molecule has 0 atom stereocenters. The van der Waals surface area contributed by atoms with E-state index < -0.39 is 132 Å². The number of aryl methyl sites for hydroxylation is 5. The number of benzene rings is 5. The van der Waals surface area contributed by atoms with Crippen LogP contribution in [0, 0.1) is 34.6 Å². The molecule has 1 N–H and O–H groups in total. The standard InChI is InChI=1S/C16H13F5N4O2.C15H20BF3O3.C15H10ClF5N4O.C9H8BrF3O.C7H7BrO.C6H2Cl2F2N4.C3H2F6O3S.CH2O3.6CH4.2Cs.H/c1-9-5-10(27-8-15(17,18)19)3-4-11(9)12-7-25-13(6-22-12)23-24-14(25)16(20,21)26-2;1-10-8-11(20-9-15(17,18)19)6-7-12(10)16-21-13(2,3)14(4,5)22-16;1-8-4-9(26-7-14(17,18)19)2-3-10(8)11-6-25-12(5-22-11)23-24-13(25)15(16,20)21;1-6-4-7(2-3-8(6)10)14-5-9(11,12)13;1-5-4-6(9)2-3-7(5)8;7-3-2-14-4(1-11-3)12-13-5(14)6(8,9)10;4-2(5,6)1-12-13(10,11)3(7,8)9;2-1-4-3;;;;;;;;;/h3-7H,8H2,1-2H3;6-8H,9H2,1-5H3;2-6H,7H2,1H3;2-4H,5H2,1H3;2-4,9H,1H3;1-2H;1H2;1,3H;6*1H4;;;/q;;;;;;;;;;;;;;2*+1;-1/p-1. The molecule has 0 aliphatic carbocycles. The summed E-state index contributed by atoms with van der Waals surface area (Å²) in [5, 5.41) is 30.8. The molecule has 1 aliphatic rings. The molecule has 7 heterocycles. The number of hydrogen-bond donors (Lipinski definition) is 1. The Hall–Kier alpha value is -5.71. The van der Waals surface area contributed by atoms with Crippen LogP contribution in [0.15, 0.2) is 137 Å². The van der Waals surface area contributed by atoms with Gasteiger partial charge in [0, 0.05) is 45.8 Å². The Balaban J connectivity index is -0.000000502. The second-order valence-electron chi connectivity index (χ2n) is 26.7. The monoisotopic (exact) mass is 2440 g/mol. The van der Waals surface area contributed by atoms with Gasteiger partial charge in [0.2, 0.25) is 17.5 Å². The minimum Gasteiger partial charge on any atom is -1.00 e. The van der Waals surface area contributed by atoms with Crippen molar-refractivity contribution in [2.75, 3.05) is 40.1 Å². The van der Waals surface area contributed by atoms with E-state index in [0.717, 1.165) is 51.4 Å². The van der Waals surface area contributed by atoms with Crippen LogP contribution in [-0.4, -0.2) is 174 Å². The van der Waals surface area contributed by atoms with Crippen LogP contribution in [0.3, 0.4) is 0 Å². The predicted molar refractivity (Wildman–Crippen MR) is 456 cm³/mol. The second-order valence-corrected chi connectivity index (χ2v) is 31.4. The van der Waals surface area contributed by atoms with Crippen LogP contribution in [-0.2, 0) is 54.9 Å². The van der Waals surface area contributed by atoms with Gasteiger partial charge in [0.25, 0.3) is 6.47 Å². The number of ether oxygens (including phenoxy) is 5. The summed E-state index contributed by atoms with van der Waals surface area (Å²) in [5.41, 5.74) is -0.266. The summed E-state index contributed by atoms with van der Waals surface area (Å²) in [6.45, 7) is 8.51. The van der Waals surface area contributed by atoms with E-state index in [0.29, 0.717) is 39.4 Å². The van der Waals surface area contributed by atoms with Gasteiger partial charge in [-0.15, -0.1) is 30.6 Å². The summed E-state index contributed by atoms with van der Waals surface area (Å²) in [5.74, 6) is -1.38. The first-order valence-electron chi connectivity index (χ1n) is 34.8. The molecule has 5 aromatic carbocycles. The number of carbonyl (C=O) groups excluding carboxylic acids is 1. The van der Waals surface area contributed by atoms with E-state index in [1.807, 2.05) is 40.7 Å². The smallest absolute Gasteiger partial charge is 1.00 e. The van der Waals surface area contributed by atoms with Crippen LogP contribution >= 0.6 is 66.7 Å². The number of methoxy groups -OCH3 is 1. The van der Waals surface area contributed by atoms with E-state index in [1.54, 1.807) is 64.1 Å². The fourth-order valence-electron chi connectivity index (χ4n) is 9.54. The average molecular weight is 2450 g/mol. The van der Waals surface area contributed by atoms with Gasteiger partial charge in [-0.1, -0.05) is 94.1 Å². The number of rotatable bonds is 18. The summed E-state index contributed by atoms with van der Waals surface area (Å²) >= 11 is 21.9. The van der Waals surface area contributed by atoms with Crippen molar-refractivity contribution < 1.29 is 310 Å². The number of nitrogens with zero attached hydrogens (tertiary/aromatic N) is 12. The Kier molecular flexibility index (Phi) is 57.3. The molecule has 137 heavy (non-hydrogen) atoms. The first kappa shape index (κ1) is 138. The molecule has 758 valence electrons. The number of fused-ring (bicyclic) bond motifs is 3. The van der Waals surface area contributed by atoms with Crippen LogP contribution in [0.2, 0.25) is 5.15 Å². The Morgan fingerprint density at radius 1 is 0.467 bits per heavy atom. The van der Waals surface area contributed by atoms with Crippen molar-refractivity contribution in [2.45, 2.75) is 171 Å². The van der Waals surface area contributed by atoms with Crippen LogP contribution < -0.4 is 167 Å². The predicted octanol–water partition coefficient (Wildman–Crippen LogP) is 17.3. The molecule has 0 bridgehead atoms. The number of hydrogen-bond acceptors (Lipinski definition) is 23. The van der Waals surface area contributed by atoms with Gasteiger partial charge in [0.1, 0.15) is 33.9 Å². The number of carbonyl (C=O) groups is 1. The summed E-state index contributed by atoms with van der Waals surface area (Å²) in [4.78, 5) is 23.2. The fourth-order valence-corrected chi connectivity index (χ4v) is 10.9. The Morgan fingerprint density at radius 2 is 0.774 bits per heavy atom. The normalized spacial score (nSPS) is 12.7. The van der Waals surface area contributed by atoms with Gasteiger partial charge in [-0.3, -0.25) is 32.1 Å². The van der Waals surface area contributed by atoms with E-state index in [9.17, 15) is 114 Å². The Labute approximate surface area is 920 Å². The van der Waals surface area contributed by atoms with E-state index in [4.69, 9.17) is 68.7 Å². The molecular formula is C78H88BBr2Cl3Cs2F24N12O14S. The van der Waals surface area contributed by atoms with Crippen molar-refractivity contribution in [3.63, 3.8) is 0 Å². The minimum absolute atomic E-state index is 0. The summed E-state index contributed by atoms with van der Waals surface area (Å²) in [7, 11) is -5.85. The second kappa shape index (κ2) is 57.1. The summed E-state index contributed by atoms with van der Waals surface area (Å²) in [6, 6.07) is 23.1. The van der Waals surface area contributed by atoms with Crippen molar-refractivity contribution in [1.82, 2.24) is 58.7 Å². The van der Waals surface area contributed by atoms with Crippen LogP contribution in [0.25, 0.3) is 39.5 Å². The maximum Gasteiger partial charge on any atom is 1.00 e. The zero-order valence-corrected chi connectivity index (χ0v) is 87.6. The molecule has 11 aromatic rings. The molecule has 12 rings (SSSR count). The van der Waals surface area contributed by atoms with Gasteiger partial charge in [-0.25, -0.2) is 4.98 Å². The third kappa shape index (κ3) is 45.0. The maximum atomic E-state index is 13.8. The first-order valence-corrected chi connectivity index (χ1v) is 38.9. The van der Waals surface area contributed by atoms with Crippen LogP contribution in [0.4, 0.5) is 105 Å². The number of alkyl halides is 26. The summed E-state index contributed by atoms with van der Waals surface area (Å²) in [6.07, 6.45) is -18.8. The Bertz CT molecular complexity index is 5710. The number of aromatic hydroxyl groups is 1. The van der Waals surface area contributed by atoms with Crippen LogP contribution in [0.1, 0.15) is 119 Å². The number of halogens is 29. The van der Waals surface area contributed by atoms with Gasteiger partial charge < -0.3 is 49.7 Å². The van der Waals surface area contributed by atoms with Gasteiger partial charge in [0.05, 0.1) is 41.2 Å². The van der Waals surface area contributed by atoms with Gasteiger partial charge in [0.15, 0.2) is 50.0 Å². The van der Waals surface area contributed by atoms with Crippen molar-refractivity contribution in [3.05, 3.63) is 188 Å². The van der Waals surface area contributed by atoms with Gasteiger partial charge in [-0.05, 0) is 204 Å². The molecule has 0 amide bonds. The van der Waals surface area contributed by atoms with Crippen LogP contribution in [0.5, 0.6) is 28.7 Å². The van der Waals surface area contributed by atoms with Gasteiger partial charge >= 0.3 is 208 Å². The van der Waals surface area contributed by atoms with Crippen molar-refractivity contribution in [1.29, 1.82) is 0 Å². The van der Waals surface area contributed by atoms with Crippen molar-refractivity contribution >= 4 is 113 Å². The van der Waals surface area contributed by atoms with Gasteiger partial charge in [-0.2, -0.15) is 114 Å². The van der Waals surface area contributed by atoms with E-state index in [1.165, 1.54) is 85.7 Å². The number of phenolic OH excluding ortho intramolecular Hbond substituents is 1. The Morgan fingerprint density at radius 3 is 1.08 bits per heavy atom. The van der Waals surface area contributed by atoms with Crippen molar-refractivity contribution in [3.8, 4) is 51.3 Å². The molecule has 0 spiro atoms. The number of aromatic nitrogens is 12. The average Bonchev–Trinajstić information content (AvgIpc) is 1.62. The molecule has 6 aromatic heterocycles. The van der Waals surface area contributed by atoms with E-state index in [-0.39, 0.29) is 235 Å². The molecule has 0 saturated carbocycles. The maximum absolute atomic E-state index is 13.8. The third-order valence-electron chi connectivity index (χ3n) is 16.1. The molecule has 59 heteroatoms. The molecule has 0 unspecified atom stereocenters. The molecule has 1 saturated heterocycles. The molecule has 1 fully saturated rings. The quantitative estimate of drug-likeness (QED) is 0.0122. The van der Waals surface area contributed by atoms with E-state index >= 15 is 0 Å². The largest absolute Gasteiger partial charge is 1.00 e. The first-order chi connectivity index (χ1) is 59.0. The SMILES string of the molecule is C.C.C.C.C.C.COC(F)(F)c1nnc2cnc(-c3ccc(OCC(F)(F)F)cc3C)cn12.Cc1cc(O)ccc1Br.Cc1cc(OCC(F)(F)F)ccc1-c1cn2c(C(F)(F)Cl)nnc2cn1.Cc1cc(OCC(F)(F)F)ccc1B1OC(C)(C)C(C)(C)O1.Cc1cc(OCC(F)(F)F)ccc1Br.FC(F)(Cl)c1nnc2cnc(Cl)cn12.O=CO[O-].O=S(=O)(OCC(F)(F)F)C(F)(F)F.[Cs+].[Cs+].[H-]. The zero-order valence-electron chi connectivity index (χ0n) is 69.8. The zero-order chi connectivity index (χ0) is 98.0. The number of phenols is 1. The van der Waals surface area contributed by atoms with E-state index in [2.05, 4.69) is 101 Å². The minimum atomic E-state index is -6.15. The molecular weight excluding hydrogens is 2360 g/mol. The molecule has 26 nitrogen and oxygen atoms in total. The summed E-state index contributed by atoms with van der Waals surface area (Å²) < 4.78 is 355.